The fraction of sp³-hybridized carbons (Fsp3) is 0.211. The Morgan fingerprint density at radius 1 is 1.17 bits per heavy atom. The maximum absolute atomic E-state index is 12.5. The Morgan fingerprint density at radius 2 is 1.96 bits per heavy atom. The molecule has 1 heterocycles. The van der Waals surface area contributed by atoms with Crippen LogP contribution in [0.2, 0.25) is 0 Å². The van der Waals surface area contributed by atoms with Crippen LogP contribution in [0.4, 0.5) is 0 Å². The summed E-state index contributed by atoms with van der Waals surface area (Å²) in [6.07, 6.45) is 1.96. The lowest BCUT2D eigenvalue weighted by Crippen LogP contribution is -2.27. The van der Waals surface area contributed by atoms with Crippen molar-refractivity contribution in [3.8, 4) is 11.5 Å². The first-order valence-corrected chi connectivity index (χ1v) is 8.00. The minimum Gasteiger partial charge on any atom is -0.345 e. The highest BCUT2D eigenvalue weighted by molar-refractivity contribution is 5.94. The summed E-state index contributed by atoms with van der Waals surface area (Å²) in [6, 6.07) is 15.6. The third-order valence-corrected chi connectivity index (χ3v) is 4.36. The van der Waals surface area contributed by atoms with E-state index in [0.717, 1.165) is 18.4 Å². The molecule has 0 radical (unpaired) electrons. The van der Waals surface area contributed by atoms with Crippen LogP contribution in [0.25, 0.3) is 11.5 Å². The Balaban J connectivity index is 1.49. The first kappa shape index (κ1) is 14.6. The predicted octanol–water partition coefficient (Wildman–Crippen LogP) is 3.46. The molecule has 0 saturated carbocycles. The molecule has 2 aromatic carbocycles. The molecule has 1 N–H and O–H groups in total. The van der Waals surface area contributed by atoms with Crippen LogP contribution < -0.4 is 5.32 Å². The lowest BCUT2D eigenvalue weighted by molar-refractivity contribution is 0.0936. The number of rotatable bonds is 3. The van der Waals surface area contributed by atoms with Crippen molar-refractivity contribution in [1.29, 1.82) is 0 Å². The molecule has 0 fully saturated rings. The van der Waals surface area contributed by atoms with Gasteiger partial charge in [-0.2, -0.15) is 4.98 Å². The molecule has 1 aromatic heterocycles. The number of nitrogens with one attached hydrogen (secondary N) is 1. The molecule has 1 aliphatic carbocycles. The molecule has 0 bridgehead atoms. The van der Waals surface area contributed by atoms with Gasteiger partial charge in [0.25, 0.3) is 11.8 Å². The van der Waals surface area contributed by atoms with Crippen LogP contribution in [0.5, 0.6) is 0 Å². The zero-order valence-corrected chi connectivity index (χ0v) is 13.3. The highest BCUT2D eigenvalue weighted by Gasteiger charge is 2.23. The smallest absolute Gasteiger partial charge is 0.257 e. The van der Waals surface area contributed by atoms with E-state index in [2.05, 4.69) is 27.6 Å². The predicted molar refractivity (Wildman–Crippen MR) is 89.4 cm³/mol. The lowest BCUT2D eigenvalue weighted by atomic mass is 10.1. The number of hydrogen-bond donors (Lipinski definition) is 1. The molecule has 1 amide bonds. The Hall–Kier alpha value is -2.95. The minimum atomic E-state index is -0.0648. The summed E-state index contributed by atoms with van der Waals surface area (Å²) in [5.74, 6) is 0.987. The molecule has 0 spiro atoms. The van der Waals surface area contributed by atoms with Crippen LogP contribution in [0.15, 0.2) is 53.1 Å². The van der Waals surface area contributed by atoms with Gasteiger partial charge in [-0.3, -0.25) is 4.79 Å². The van der Waals surface area contributed by atoms with Crippen LogP contribution in [-0.4, -0.2) is 16.0 Å². The number of carbonyl (C=O) groups is 1. The van der Waals surface area contributed by atoms with E-state index in [1.54, 1.807) is 19.1 Å². The second-order valence-electron chi connectivity index (χ2n) is 5.99. The average molecular weight is 319 g/mol. The summed E-state index contributed by atoms with van der Waals surface area (Å²) in [5.41, 5.74) is 3.98. The van der Waals surface area contributed by atoms with E-state index in [1.165, 1.54) is 11.1 Å². The summed E-state index contributed by atoms with van der Waals surface area (Å²) in [4.78, 5) is 16.7. The van der Waals surface area contributed by atoms with Gasteiger partial charge in [0.15, 0.2) is 5.82 Å². The van der Waals surface area contributed by atoms with Crippen LogP contribution in [-0.2, 0) is 6.42 Å². The van der Waals surface area contributed by atoms with Gasteiger partial charge in [-0.1, -0.05) is 29.4 Å². The van der Waals surface area contributed by atoms with Gasteiger partial charge in [0, 0.05) is 11.1 Å². The van der Waals surface area contributed by atoms with Crippen LogP contribution >= 0.6 is 0 Å². The van der Waals surface area contributed by atoms with Gasteiger partial charge in [0.05, 0.1) is 6.04 Å². The number of aromatic nitrogens is 2. The molecule has 120 valence electrons. The lowest BCUT2D eigenvalue weighted by Gasteiger charge is -2.14. The van der Waals surface area contributed by atoms with E-state index < -0.39 is 0 Å². The fourth-order valence-corrected chi connectivity index (χ4v) is 3.13. The number of benzene rings is 2. The van der Waals surface area contributed by atoms with Gasteiger partial charge in [-0.05, 0) is 55.2 Å². The summed E-state index contributed by atoms with van der Waals surface area (Å²) in [7, 11) is 0. The Morgan fingerprint density at radius 3 is 2.71 bits per heavy atom. The summed E-state index contributed by atoms with van der Waals surface area (Å²) in [6.45, 7) is 1.77. The van der Waals surface area contributed by atoms with Gasteiger partial charge in [0.2, 0.25) is 0 Å². The van der Waals surface area contributed by atoms with Crippen LogP contribution in [0.3, 0.4) is 0 Å². The maximum atomic E-state index is 12.5. The van der Waals surface area contributed by atoms with E-state index in [4.69, 9.17) is 4.52 Å². The first-order chi connectivity index (χ1) is 11.7. The third-order valence-electron chi connectivity index (χ3n) is 4.36. The molecule has 0 aliphatic heterocycles. The van der Waals surface area contributed by atoms with Crippen molar-refractivity contribution in [3.05, 3.63) is 71.0 Å². The van der Waals surface area contributed by atoms with E-state index in [9.17, 15) is 4.79 Å². The first-order valence-electron chi connectivity index (χ1n) is 8.00. The Labute approximate surface area is 139 Å². The SMILES string of the molecule is Cc1noc(-c2ccc(C(=O)NC3CCc4ccccc43)cc2)n1. The molecule has 1 atom stereocenters. The van der Waals surface area contributed by atoms with E-state index in [-0.39, 0.29) is 11.9 Å². The number of aryl methyl sites for hydroxylation is 2. The zero-order valence-electron chi connectivity index (χ0n) is 13.3. The third kappa shape index (κ3) is 2.69. The van der Waals surface area contributed by atoms with Crippen molar-refractivity contribution < 1.29 is 9.32 Å². The Kier molecular flexibility index (Phi) is 3.61. The molecule has 0 saturated heterocycles. The highest BCUT2D eigenvalue weighted by atomic mass is 16.5. The van der Waals surface area contributed by atoms with Crippen LogP contribution in [0, 0.1) is 6.92 Å². The Bertz CT molecular complexity index is 884. The fourth-order valence-electron chi connectivity index (χ4n) is 3.13. The molecule has 5 nitrogen and oxygen atoms in total. The van der Waals surface area contributed by atoms with Crippen molar-refractivity contribution >= 4 is 5.91 Å². The van der Waals surface area contributed by atoms with E-state index in [0.29, 0.717) is 17.3 Å². The molecule has 24 heavy (non-hydrogen) atoms. The molecule has 3 aromatic rings. The highest BCUT2D eigenvalue weighted by Crippen LogP contribution is 2.31. The normalized spacial score (nSPS) is 16.0. The summed E-state index contributed by atoms with van der Waals surface area (Å²) in [5, 5.41) is 6.90. The second kappa shape index (κ2) is 5.92. The van der Waals surface area contributed by atoms with Crippen molar-refractivity contribution in [2.24, 2.45) is 0 Å². The number of nitrogens with zero attached hydrogens (tertiary/aromatic N) is 2. The van der Waals surface area contributed by atoms with Gasteiger partial charge in [0.1, 0.15) is 0 Å². The standard InChI is InChI=1S/C19H17N3O2/c1-12-20-19(24-22-12)15-8-6-14(7-9-15)18(23)21-17-11-10-13-4-2-3-5-16(13)17/h2-9,17H,10-11H2,1H3,(H,21,23). The quantitative estimate of drug-likeness (QED) is 0.802. The van der Waals surface area contributed by atoms with Crippen molar-refractivity contribution in [2.75, 3.05) is 0 Å². The van der Waals surface area contributed by atoms with Crippen molar-refractivity contribution in [1.82, 2.24) is 15.5 Å². The maximum Gasteiger partial charge on any atom is 0.257 e. The van der Waals surface area contributed by atoms with Crippen LogP contribution in [0.1, 0.15) is 39.8 Å². The topological polar surface area (TPSA) is 68.0 Å². The average Bonchev–Trinajstić information content (AvgIpc) is 3.22. The summed E-state index contributed by atoms with van der Waals surface area (Å²) < 4.78 is 5.14. The van der Waals surface area contributed by atoms with Crippen molar-refractivity contribution in [2.45, 2.75) is 25.8 Å². The zero-order chi connectivity index (χ0) is 16.5. The molecular weight excluding hydrogens is 302 g/mol. The monoisotopic (exact) mass is 319 g/mol. The molecule has 1 aliphatic rings. The largest absolute Gasteiger partial charge is 0.345 e. The molecule has 5 heteroatoms. The van der Waals surface area contributed by atoms with Gasteiger partial charge >= 0.3 is 0 Å². The second-order valence-corrected chi connectivity index (χ2v) is 5.99. The number of carbonyl (C=O) groups excluding carboxylic acids is 1. The number of hydrogen-bond acceptors (Lipinski definition) is 4. The summed E-state index contributed by atoms with van der Waals surface area (Å²) >= 11 is 0. The molecular formula is C19H17N3O2. The molecule has 4 rings (SSSR count). The van der Waals surface area contributed by atoms with Gasteiger partial charge in [-0.25, -0.2) is 0 Å². The van der Waals surface area contributed by atoms with Gasteiger partial charge < -0.3 is 9.84 Å². The van der Waals surface area contributed by atoms with E-state index in [1.807, 2.05) is 24.3 Å². The number of fused-ring (bicyclic) bond motifs is 1. The van der Waals surface area contributed by atoms with E-state index >= 15 is 0 Å². The minimum absolute atomic E-state index is 0.0648. The van der Waals surface area contributed by atoms with Crippen molar-refractivity contribution in [3.63, 3.8) is 0 Å². The molecule has 1 unspecified atom stereocenters. The van der Waals surface area contributed by atoms with Gasteiger partial charge in [-0.15, -0.1) is 0 Å². The number of amides is 1.